The molecule has 90 valence electrons. The molecule has 0 unspecified atom stereocenters. The number of hydrogen-bond donors (Lipinski definition) is 0. The molecule has 0 amide bonds. The van der Waals surface area contributed by atoms with Gasteiger partial charge < -0.3 is 4.90 Å². The van der Waals surface area contributed by atoms with Crippen LogP contribution in [0.5, 0.6) is 0 Å². The average Bonchev–Trinajstić information content (AvgIpc) is 2.14. The standard InChI is InChI=1S/C14H29N/c1-13(2)15-11-8-6-5-7-9-14(3,4)10-12-15/h13H,5-12H2,1-4H3. The van der Waals surface area contributed by atoms with Crippen LogP contribution in [0.15, 0.2) is 0 Å². The Bertz CT molecular complexity index is 172. The fraction of sp³-hybridized carbons (Fsp3) is 1.00. The average molecular weight is 211 g/mol. The first kappa shape index (κ1) is 13.0. The van der Waals surface area contributed by atoms with Crippen molar-refractivity contribution in [2.75, 3.05) is 13.1 Å². The molecule has 0 aromatic carbocycles. The van der Waals surface area contributed by atoms with Gasteiger partial charge in [0.2, 0.25) is 0 Å². The van der Waals surface area contributed by atoms with E-state index in [1.54, 1.807) is 0 Å². The maximum Gasteiger partial charge on any atom is 0.00385 e. The largest absolute Gasteiger partial charge is 0.301 e. The molecule has 1 rings (SSSR count). The minimum atomic E-state index is 0.560. The molecule has 1 heteroatoms. The normalized spacial score (nSPS) is 25.4. The Labute approximate surface area is 96.2 Å². The number of nitrogens with zero attached hydrogens (tertiary/aromatic N) is 1. The third kappa shape index (κ3) is 5.01. The van der Waals surface area contributed by atoms with Gasteiger partial charge in [-0.05, 0) is 51.6 Å². The molecular weight excluding hydrogens is 182 g/mol. The van der Waals surface area contributed by atoms with Gasteiger partial charge in [-0.3, -0.25) is 0 Å². The van der Waals surface area contributed by atoms with E-state index in [2.05, 4.69) is 32.6 Å². The van der Waals surface area contributed by atoms with Crippen LogP contribution in [-0.4, -0.2) is 24.0 Å². The smallest absolute Gasteiger partial charge is 0.00385 e. The summed E-state index contributed by atoms with van der Waals surface area (Å²) in [5.74, 6) is 0. The van der Waals surface area contributed by atoms with E-state index in [0.717, 1.165) is 6.04 Å². The monoisotopic (exact) mass is 211 g/mol. The van der Waals surface area contributed by atoms with Crippen molar-refractivity contribution < 1.29 is 0 Å². The van der Waals surface area contributed by atoms with E-state index in [-0.39, 0.29) is 0 Å². The molecule has 15 heavy (non-hydrogen) atoms. The lowest BCUT2D eigenvalue weighted by atomic mass is 9.83. The molecule has 1 fully saturated rings. The summed E-state index contributed by atoms with van der Waals surface area (Å²) in [5, 5.41) is 0. The molecule has 0 N–H and O–H groups in total. The summed E-state index contributed by atoms with van der Waals surface area (Å²) in [4.78, 5) is 2.66. The molecule has 1 heterocycles. The molecule has 0 spiro atoms. The van der Waals surface area contributed by atoms with Crippen molar-refractivity contribution in [1.29, 1.82) is 0 Å². The third-order valence-electron chi connectivity index (χ3n) is 3.85. The van der Waals surface area contributed by atoms with E-state index >= 15 is 0 Å². The molecule has 0 bridgehead atoms. The molecule has 1 saturated heterocycles. The quantitative estimate of drug-likeness (QED) is 0.632. The summed E-state index contributed by atoms with van der Waals surface area (Å²) in [6.45, 7) is 12.1. The first-order valence-electron chi connectivity index (χ1n) is 6.75. The molecular formula is C14H29N. The van der Waals surface area contributed by atoms with Crippen molar-refractivity contribution in [3.63, 3.8) is 0 Å². The van der Waals surface area contributed by atoms with Gasteiger partial charge in [0.25, 0.3) is 0 Å². The maximum atomic E-state index is 2.66. The predicted molar refractivity (Wildman–Crippen MR) is 68.2 cm³/mol. The Morgan fingerprint density at radius 1 is 0.867 bits per heavy atom. The molecule has 0 saturated carbocycles. The molecule has 0 aromatic heterocycles. The molecule has 0 aliphatic carbocycles. The van der Waals surface area contributed by atoms with Gasteiger partial charge in [0, 0.05) is 6.04 Å². The Hall–Kier alpha value is -0.0400. The predicted octanol–water partition coefficient (Wildman–Crippen LogP) is 4.08. The van der Waals surface area contributed by atoms with Crippen molar-refractivity contribution in [3.05, 3.63) is 0 Å². The maximum absolute atomic E-state index is 2.66. The Morgan fingerprint density at radius 3 is 2.20 bits per heavy atom. The van der Waals surface area contributed by atoms with Gasteiger partial charge in [-0.25, -0.2) is 0 Å². The van der Waals surface area contributed by atoms with Crippen LogP contribution in [0.3, 0.4) is 0 Å². The van der Waals surface area contributed by atoms with Gasteiger partial charge in [-0.15, -0.1) is 0 Å². The third-order valence-corrected chi connectivity index (χ3v) is 3.85. The highest BCUT2D eigenvalue weighted by Gasteiger charge is 2.20. The summed E-state index contributed by atoms with van der Waals surface area (Å²) in [6, 6.07) is 0.722. The molecule has 1 aliphatic heterocycles. The second-order valence-electron chi connectivity index (χ2n) is 6.21. The first-order valence-corrected chi connectivity index (χ1v) is 6.75. The molecule has 0 atom stereocenters. The minimum Gasteiger partial charge on any atom is -0.301 e. The van der Waals surface area contributed by atoms with Crippen molar-refractivity contribution in [2.24, 2.45) is 5.41 Å². The Kier molecular flexibility index (Phi) is 5.11. The summed E-state index contributed by atoms with van der Waals surface area (Å²) in [5.41, 5.74) is 0.560. The van der Waals surface area contributed by atoms with Crippen LogP contribution in [-0.2, 0) is 0 Å². The van der Waals surface area contributed by atoms with Crippen LogP contribution in [0.25, 0.3) is 0 Å². The van der Waals surface area contributed by atoms with Crippen LogP contribution in [0.4, 0.5) is 0 Å². The van der Waals surface area contributed by atoms with E-state index in [4.69, 9.17) is 0 Å². The SMILES string of the molecule is CC(C)N1CCCCCCC(C)(C)CC1. The van der Waals surface area contributed by atoms with E-state index in [9.17, 15) is 0 Å². The minimum absolute atomic E-state index is 0.560. The molecule has 0 aromatic rings. The summed E-state index contributed by atoms with van der Waals surface area (Å²) in [7, 11) is 0. The summed E-state index contributed by atoms with van der Waals surface area (Å²) in [6.07, 6.45) is 8.49. The van der Waals surface area contributed by atoms with Gasteiger partial charge in [-0.2, -0.15) is 0 Å². The van der Waals surface area contributed by atoms with E-state index in [0.29, 0.717) is 5.41 Å². The second-order valence-corrected chi connectivity index (χ2v) is 6.21. The summed E-state index contributed by atoms with van der Waals surface area (Å²) >= 11 is 0. The van der Waals surface area contributed by atoms with Gasteiger partial charge in [0.15, 0.2) is 0 Å². The van der Waals surface area contributed by atoms with Crippen LogP contribution in [0, 0.1) is 5.41 Å². The molecule has 1 aliphatic rings. The number of rotatable bonds is 1. The number of hydrogen-bond acceptors (Lipinski definition) is 1. The lowest BCUT2D eigenvalue weighted by Gasteiger charge is -2.33. The van der Waals surface area contributed by atoms with Crippen LogP contribution < -0.4 is 0 Å². The Balaban J connectivity index is 2.48. The zero-order valence-electron chi connectivity index (χ0n) is 11.2. The lowest BCUT2D eigenvalue weighted by molar-refractivity contribution is 0.164. The second kappa shape index (κ2) is 5.89. The van der Waals surface area contributed by atoms with Gasteiger partial charge >= 0.3 is 0 Å². The van der Waals surface area contributed by atoms with Crippen molar-refractivity contribution >= 4 is 0 Å². The van der Waals surface area contributed by atoms with E-state index in [1.807, 2.05) is 0 Å². The highest BCUT2D eigenvalue weighted by atomic mass is 15.1. The zero-order chi connectivity index (χ0) is 11.3. The molecule has 0 radical (unpaired) electrons. The van der Waals surface area contributed by atoms with E-state index in [1.165, 1.54) is 51.6 Å². The van der Waals surface area contributed by atoms with Crippen molar-refractivity contribution in [2.45, 2.75) is 72.3 Å². The fourth-order valence-electron chi connectivity index (χ4n) is 2.47. The van der Waals surface area contributed by atoms with E-state index < -0.39 is 0 Å². The van der Waals surface area contributed by atoms with Crippen LogP contribution in [0.2, 0.25) is 0 Å². The van der Waals surface area contributed by atoms with Gasteiger partial charge in [0.05, 0.1) is 0 Å². The highest BCUT2D eigenvalue weighted by Crippen LogP contribution is 2.29. The zero-order valence-corrected chi connectivity index (χ0v) is 11.2. The van der Waals surface area contributed by atoms with Crippen LogP contribution >= 0.6 is 0 Å². The topological polar surface area (TPSA) is 3.24 Å². The van der Waals surface area contributed by atoms with Crippen molar-refractivity contribution in [3.8, 4) is 0 Å². The Morgan fingerprint density at radius 2 is 1.53 bits per heavy atom. The highest BCUT2D eigenvalue weighted by molar-refractivity contribution is 4.74. The molecule has 1 nitrogen and oxygen atoms in total. The lowest BCUT2D eigenvalue weighted by Crippen LogP contribution is -2.35. The van der Waals surface area contributed by atoms with Gasteiger partial charge in [0.1, 0.15) is 0 Å². The van der Waals surface area contributed by atoms with Crippen LogP contribution in [0.1, 0.15) is 66.2 Å². The fourth-order valence-corrected chi connectivity index (χ4v) is 2.47. The van der Waals surface area contributed by atoms with Crippen molar-refractivity contribution in [1.82, 2.24) is 4.90 Å². The first-order chi connectivity index (χ1) is 7.01. The van der Waals surface area contributed by atoms with Gasteiger partial charge in [-0.1, -0.05) is 33.1 Å². The summed E-state index contributed by atoms with van der Waals surface area (Å²) < 4.78 is 0.